The van der Waals surface area contributed by atoms with Crippen LogP contribution in [0.15, 0.2) is 11.6 Å². The van der Waals surface area contributed by atoms with Gasteiger partial charge in [0.05, 0.1) is 16.8 Å². The number of thiazole rings is 1. The summed E-state index contributed by atoms with van der Waals surface area (Å²) in [7, 11) is 1.73. The molecule has 1 aromatic heterocycles. The van der Waals surface area contributed by atoms with Crippen molar-refractivity contribution in [1.82, 2.24) is 9.88 Å². The Hall–Kier alpha value is -1.43. The minimum absolute atomic E-state index is 0.0750. The Labute approximate surface area is 116 Å². The van der Waals surface area contributed by atoms with Crippen molar-refractivity contribution >= 4 is 23.2 Å². The Kier molecular flexibility index (Phi) is 3.62. The average molecular weight is 282 g/mol. The zero-order valence-electron chi connectivity index (χ0n) is 11.3. The van der Waals surface area contributed by atoms with Gasteiger partial charge in [0, 0.05) is 31.6 Å². The first-order valence-corrected chi connectivity index (χ1v) is 7.10. The molecule has 2 atom stereocenters. The lowest BCUT2D eigenvalue weighted by Gasteiger charge is -2.17. The van der Waals surface area contributed by atoms with E-state index in [4.69, 9.17) is 5.11 Å². The molecule has 1 amide bonds. The van der Waals surface area contributed by atoms with Crippen LogP contribution in [0, 0.1) is 17.3 Å². The number of carbonyl (C=O) groups is 2. The lowest BCUT2D eigenvalue weighted by atomic mass is 10.1. The quantitative estimate of drug-likeness (QED) is 0.888. The largest absolute Gasteiger partial charge is 0.481 e. The van der Waals surface area contributed by atoms with E-state index in [1.807, 2.05) is 19.2 Å². The van der Waals surface area contributed by atoms with Crippen LogP contribution in [0.3, 0.4) is 0 Å². The van der Waals surface area contributed by atoms with Crippen molar-refractivity contribution in [1.29, 1.82) is 0 Å². The second-order valence-corrected chi connectivity index (χ2v) is 6.53. The fourth-order valence-electron chi connectivity index (χ4n) is 2.55. The van der Waals surface area contributed by atoms with Gasteiger partial charge in [-0.25, -0.2) is 4.98 Å². The summed E-state index contributed by atoms with van der Waals surface area (Å²) in [4.78, 5) is 29.1. The summed E-state index contributed by atoms with van der Waals surface area (Å²) < 4.78 is 0. The van der Waals surface area contributed by atoms with Gasteiger partial charge >= 0.3 is 5.97 Å². The van der Waals surface area contributed by atoms with Gasteiger partial charge in [-0.3, -0.25) is 9.59 Å². The number of carbonyl (C=O) groups excluding carboxylic acids is 1. The van der Waals surface area contributed by atoms with Crippen molar-refractivity contribution in [2.45, 2.75) is 20.3 Å². The zero-order valence-corrected chi connectivity index (χ0v) is 12.1. The Morgan fingerprint density at radius 2 is 2.16 bits per heavy atom. The van der Waals surface area contributed by atoms with Crippen LogP contribution in [-0.4, -0.2) is 40.5 Å². The van der Waals surface area contributed by atoms with Crippen molar-refractivity contribution in [2.75, 3.05) is 13.6 Å². The number of aliphatic carboxylic acids is 1. The monoisotopic (exact) mass is 282 g/mol. The summed E-state index contributed by atoms with van der Waals surface area (Å²) >= 11 is 1.56. The van der Waals surface area contributed by atoms with E-state index >= 15 is 0 Å². The molecule has 6 heteroatoms. The van der Waals surface area contributed by atoms with Gasteiger partial charge in [0.1, 0.15) is 0 Å². The second-order valence-electron chi connectivity index (χ2n) is 5.55. The molecule has 1 aliphatic carbocycles. The lowest BCUT2D eigenvalue weighted by Crippen LogP contribution is -2.31. The maximum absolute atomic E-state index is 12.2. The van der Waals surface area contributed by atoms with Gasteiger partial charge in [-0.2, -0.15) is 0 Å². The molecule has 0 unspecified atom stereocenters. The average Bonchev–Trinajstić information content (AvgIpc) is 2.73. The number of rotatable bonds is 5. The van der Waals surface area contributed by atoms with E-state index in [2.05, 4.69) is 4.98 Å². The minimum atomic E-state index is -0.878. The first kappa shape index (κ1) is 14.0. The molecular formula is C13H18N2O3S. The van der Waals surface area contributed by atoms with Gasteiger partial charge in [0.25, 0.3) is 0 Å². The molecule has 1 heterocycles. The first-order chi connectivity index (χ1) is 8.85. The molecule has 1 saturated carbocycles. The summed E-state index contributed by atoms with van der Waals surface area (Å²) in [5, 5.41) is 12.0. The molecule has 0 spiro atoms. The summed E-state index contributed by atoms with van der Waals surface area (Å²) in [6.07, 6.45) is 2.46. The molecule has 0 bridgehead atoms. The molecule has 1 aliphatic rings. The van der Waals surface area contributed by atoms with Crippen LogP contribution < -0.4 is 0 Å². The predicted octanol–water partition coefficient (Wildman–Crippen LogP) is 1.50. The third-order valence-corrected chi connectivity index (χ3v) is 4.72. The molecule has 1 N–H and O–H groups in total. The van der Waals surface area contributed by atoms with Crippen molar-refractivity contribution in [3.63, 3.8) is 0 Å². The van der Waals surface area contributed by atoms with E-state index < -0.39 is 23.2 Å². The fraction of sp³-hybridized carbons (Fsp3) is 0.615. The van der Waals surface area contributed by atoms with Gasteiger partial charge in [-0.1, -0.05) is 13.8 Å². The number of amides is 1. The highest BCUT2D eigenvalue weighted by Gasteiger charge is 2.66. The van der Waals surface area contributed by atoms with Gasteiger partial charge in [0.2, 0.25) is 5.91 Å². The van der Waals surface area contributed by atoms with Crippen molar-refractivity contribution in [3.05, 3.63) is 16.6 Å². The third kappa shape index (κ3) is 2.63. The topological polar surface area (TPSA) is 70.5 Å². The van der Waals surface area contributed by atoms with Crippen LogP contribution in [0.4, 0.5) is 0 Å². The molecule has 19 heavy (non-hydrogen) atoms. The van der Waals surface area contributed by atoms with Gasteiger partial charge in [0.15, 0.2) is 0 Å². The normalized spacial score (nSPS) is 23.9. The molecule has 0 aromatic carbocycles. The molecule has 0 saturated heterocycles. The van der Waals surface area contributed by atoms with E-state index in [9.17, 15) is 9.59 Å². The molecule has 104 valence electrons. The highest BCUT2D eigenvalue weighted by molar-refractivity contribution is 7.09. The number of hydrogen-bond acceptors (Lipinski definition) is 4. The maximum Gasteiger partial charge on any atom is 0.307 e. The Bertz CT molecular complexity index is 484. The predicted molar refractivity (Wildman–Crippen MR) is 71.9 cm³/mol. The van der Waals surface area contributed by atoms with Gasteiger partial charge < -0.3 is 10.0 Å². The van der Waals surface area contributed by atoms with E-state index in [-0.39, 0.29) is 5.91 Å². The van der Waals surface area contributed by atoms with Gasteiger partial charge in [-0.15, -0.1) is 11.3 Å². The summed E-state index contributed by atoms with van der Waals surface area (Å²) in [5.41, 5.74) is -0.432. The molecule has 2 rings (SSSR count). The first-order valence-electron chi connectivity index (χ1n) is 6.22. The maximum atomic E-state index is 12.2. The van der Waals surface area contributed by atoms with E-state index in [1.165, 1.54) is 0 Å². The standard InChI is InChI=1S/C13H18N2O3S/c1-13(2)9(10(13)12(17)18)11(16)15(3)6-4-8-14-5-7-19-8/h5,7,9-10H,4,6H2,1-3H3,(H,17,18)/t9-,10+/m0/s1. The van der Waals surface area contributed by atoms with Crippen LogP contribution in [0.1, 0.15) is 18.9 Å². The number of nitrogens with zero attached hydrogens (tertiary/aromatic N) is 2. The van der Waals surface area contributed by atoms with Crippen molar-refractivity contribution in [3.8, 4) is 0 Å². The third-order valence-electron chi connectivity index (χ3n) is 3.88. The molecule has 5 nitrogen and oxygen atoms in total. The molecule has 1 fully saturated rings. The fourth-order valence-corrected chi connectivity index (χ4v) is 3.16. The van der Waals surface area contributed by atoms with Crippen molar-refractivity contribution in [2.24, 2.45) is 17.3 Å². The molecular weight excluding hydrogens is 264 g/mol. The Morgan fingerprint density at radius 1 is 1.47 bits per heavy atom. The minimum Gasteiger partial charge on any atom is -0.481 e. The number of carboxylic acids is 1. The number of aromatic nitrogens is 1. The lowest BCUT2D eigenvalue weighted by molar-refractivity contribution is -0.141. The van der Waals surface area contributed by atoms with Crippen LogP contribution in [-0.2, 0) is 16.0 Å². The highest BCUT2D eigenvalue weighted by atomic mass is 32.1. The second kappa shape index (κ2) is 4.92. The van der Waals surface area contributed by atoms with Crippen molar-refractivity contribution < 1.29 is 14.7 Å². The van der Waals surface area contributed by atoms with Crippen LogP contribution in [0.5, 0.6) is 0 Å². The summed E-state index contributed by atoms with van der Waals surface area (Å²) in [6, 6.07) is 0. The van der Waals surface area contributed by atoms with E-state index in [0.29, 0.717) is 13.0 Å². The molecule has 0 radical (unpaired) electrons. The summed E-state index contributed by atoms with van der Waals surface area (Å²) in [6.45, 7) is 4.25. The number of hydrogen-bond donors (Lipinski definition) is 1. The zero-order chi connectivity index (χ0) is 14.2. The van der Waals surface area contributed by atoms with E-state index in [0.717, 1.165) is 5.01 Å². The number of likely N-dealkylation sites (N-methyl/N-ethyl adjacent to an activating group) is 1. The van der Waals surface area contributed by atoms with Crippen LogP contribution in [0.25, 0.3) is 0 Å². The molecule has 1 aromatic rings. The number of carboxylic acid groups (broad SMARTS) is 1. The van der Waals surface area contributed by atoms with Crippen LogP contribution >= 0.6 is 11.3 Å². The Morgan fingerprint density at radius 3 is 2.63 bits per heavy atom. The summed E-state index contributed by atoms with van der Waals surface area (Å²) in [5.74, 6) is -1.90. The van der Waals surface area contributed by atoms with Crippen LogP contribution in [0.2, 0.25) is 0 Å². The van der Waals surface area contributed by atoms with E-state index in [1.54, 1.807) is 29.5 Å². The SMILES string of the molecule is CN(CCc1nccs1)C(=O)[C@@H]1[C@H](C(=O)O)C1(C)C. The smallest absolute Gasteiger partial charge is 0.307 e. The highest BCUT2D eigenvalue weighted by Crippen LogP contribution is 2.58. The molecule has 0 aliphatic heterocycles. The van der Waals surface area contributed by atoms with Gasteiger partial charge in [-0.05, 0) is 5.41 Å². The Balaban J connectivity index is 1.91.